The Morgan fingerprint density at radius 1 is 1.40 bits per heavy atom. The predicted molar refractivity (Wildman–Crippen MR) is 78.0 cm³/mol. The molecule has 1 heterocycles. The second-order valence-corrected chi connectivity index (χ2v) is 6.32. The smallest absolute Gasteiger partial charge is 0.317 e. The lowest BCUT2D eigenvalue weighted by molar-refractivity contribution is -0.607. The highest BCUT2D eigenvalue weighted by Gasteiger charge is 2.32. The van der Waals surface area contributed by atoms with Crippen LogP contribution in [-0.4, -0.2) is 11.9 Å². The second kappa shape index (κ2) is 6.25. The normalized spacial score (nSPS) is 26.5. The quantitative estimate of drug-likeness (QED) is 0.681. The molecule has 1 aromatic heterocycles. The van der Waals surface area contributed by atoms with Crippen molar-refractivity contribution in [1.29, 1.82) is 0 Å². The molecule has 4 heteroatoms. The van der Waals surface area contributed by atoms with Crippen LogP contribution in [0.4, 0.5) is 0 Å². The second-order valence-electron chi connectivity index (χ2n) is 6.32. The number of carbonyl (C=O) groups is 1. The molecule has 0 aliphatic heterocycles. The lowest BCUT2D eigenvalue weighted by atomic mass is 9.74. The molecule has 1 aromatic rings. The Morgan fingerprint density at radius 2 is 2.15 bits per heavy atom. The molecule has 0 spiro atoms. The van der Waals surface area contributed by atoms with E-state index in [0.717, 1.165) is 12.8 Å². The van der Waals surface area contributed by atoms with Crippen molar-refractivity contribution in [3.05, 3.63) is 35.3 Å². The Hall–Kier alpha value is -1.58. The van der Waals surface area contributed by atoms with Crippen molar-refractivity contribution in [2.24, 2.45) is 17.8 Å². The predicted octanol–water partition coefficient (Wildman–Crippen LogP) is 2.51. The first-order valence-electron chi connectivity index (χ1n) is 7.48. The SMILES string of the molecule is CC(C)[C@H]1CC[C@@H](C)C[C@H]1NC(=O)c1cccc[n+]1[O-]. The van der Waals surface area contributed by atoms with Gasteiger partial charge in [-0.3, -0.25) is 4.79 Å². The molecule has 2 rings (SSSR count). The van der Waals surface area contributed by atoms with Crippen LogP contribution >= 0.6 is 0 Å². The van der Waals surface area contributed by atoms with Gasteiger partial charge in [0.2, 0.25) is 0 Å². The van der Waals surface area contributed by atoms with Crippen molar-refractivity contribution in [2.45, 2.75) is 46.1 Å². The Bertz CT molecular complexity index is 473. The van der Waals surface area contributed by atoms with Crippen LogP contribution in [0.15, 0.2) is 24.4 Å². The van der Waals surface area contributed by atoms with Gasteiger partial charge >= 0.3 is 5.91 Å². The lowest BCUT2D eigenvalue weighted by Crippen LogP contribution is -2.48. The van der Waals surface area contributed by atoms with Crippen LogP contribution < -0.4 is 10.0 Å². The van der Waals surface area contributed by atoms with Gasteiger partial charge in [-0.25, -0.2) is 0 Å². The van der Waals surface area contributed by atoms with E-state index in [4.69, 9.17) is 0 Å². The van der Waals surface area contributed by atoms with Gasteiger partial charge in [-0.2, -0.15) is 4.73 Å². The average Bonchev–Trinajstić information content (AvgIpc) is 2.38. The van der Waals surface area contributed by atoms with Crippen molar-refractivity contribution in [3.8, 4) is 0 Å². The van der Waals surface area contributed by atoms with Gasteiger partial charge in [0.05, 0.1) is 0 Å². The monoisotopic (exact) mass is 276 g/mol. The fourth-order valence-electron chi connectivity index (χ4n) is 3.21. The van der Waals surface area contributed by atoms with Crippen molar-refractivity contribution >= 4 is 5.91 Å². The molecule has 1 N–H and O–H groups in total. The molecule has 0 aromatic carbocycles. The minimum Gasteiger partial charge on any atom is -0.618 e. The first kappa shape index (κ1) is 14.8. The van der Waals surface area contributed by atoms with E-state index < -0.39 is 0 Å². The maximum Gasteiger partial charge on any atom is 0.317 e. The molecule has 110 valence electrons. The number of hydrogen-bond acceptors (Lipinski definition) is 2. The van der Waals surface area contributed by atoms with Crippen LogP contribution in [-0.2, 0) is 0 Å². The van der Waals surface area contributed by atoms with Gasteiger partial charge in [-0.05, 0) is 36.7 Å². The summed E-state index contributed by atoms with van der Waals surface area (Å²) in [5, 5.41) is 14.7. The highest BCUT2D eigenvalue weighted by molar-refractivity contribution is 5.91. The Kier molecular flexibility index (Phi) is 4.63. The zero-order valence-electron chi connectivity index (χ0n) is 12.5. The van der Waals surface area contributed by atoms with E-state index in [0.29, 0.717) is 22.5 Å². The van der Waals surface area contributed by atoms with Crippen molar-refractivity contribution in [1.82, 2.24) is 5.32 Å². The van der Waals surface area contributed by atoms with E-state index >= 15 is 0 Å². The Balaban J connectivity index is 2.10. The molecule has 1 aliphatic rings. The third-order valence-electron chi connectivity index (χ3n) is 4.40. The van der Waals surface area contributed by atoms with Crippen LogP contribution in [0.25, 0.3) is 0 Å². The lowest BCUT2D eigenvalue weighted by Gasteiger charge is -2.37. The van der Waals surface area contributed by atoms with Crippen LogP contribution in [0.1, 0.15) is 50.5 Å². The molecule has 0 unspecified atom stereocenters. The minimum atomic E-state index is -0.259. The van der Waals surface area contributed by atoms with Gasteiger partial charge in [0.15, 0.2) is 6.20 Å². The number of rotatable bonds is 3. The molecule has 1 saturated carbocycles. The molecule has 4 nitrogen and oxygen atoms in total. The van der Waals surface area contributed by atoms with Crippen LogP contribution in [0.2, 0.25) is 0 Å². The highest BCUT2D eigenvalue weighted by atomic mass is 16.5. The van der Waals surface area contributed by atoms with E-state index in [-0.39, 0.29) is 17.6 Å². The average molecular weight is 276 g/mol. The number of nitrogens with zero attached hydrogens (tertiary/aromatic N) is 1. The van der Waals surface area contributed by atoms with Gasteiger partial charge in [0.1, 0.15) is 0 Å². The van der Waals surface area contributed by atoms with Crippen LogP contribution in [0, 0.1) is 23.0 Å². The zero-order valence-corrected chi connectivity index (χ0v) is 12.5. The van der Waals surface area contributed by atoms with Crippen LogP contribution in [0.5, 0.6) is 0 Å². The van der Waals surface area contributed by atoms with Gasteiger partial charge < -0.3 is 10.5 Å². The summed E-state index contributed by atoms with van der Waals surface area (Å²) in [7, 11) is 0. The Labute approximate surface area is 120 Å². The minimum absolute atomic E-state index is 0.173. The van der Waals surface area contributed by atoms with Gasteiger partial charge in [-0.1, -0.05) is 27.2 Å². The highest BCUT2D eigenvalue weighted by Crippen LogP contribution is 2.33. The van der Waals surface area contributed by atoms with E-state index in [1.165, 1.54) is 12.6 Å². The molecule has 0 radical (unpaired) electrons. The number of carbonyl (C=O) groups excluding carboxylic acids is 1. The van der Waals surface area contributed by atoms with Crippen molar-refractivity contribution in [2.75, 3.05) is 0 Å². The summed E-state index contributed by atoms with van der Waals surface area (Å²) in [5.41, 5.74) is 0.174. The number of aromatic nitrogens is 1. The first-order valence-corrected chi connectivity index (χ1v) is 7.48. The topological polar surface area (TPSA) is 56.0 Å². The number of pyridine rings is 1. The van der Waals surface area contributed by atoms with Gasteiger partial charge in [0, 0.05) is 18.2 Å². The number of amides is 1. The van der Waals surface area contributed by atoms with E-state index in [1.54, 1.807) is 18.2 Å². The van der Waals surface area contributed by atoms with Gasteiger partial charge in [0.25, 0.3) is 5.69 Å². The summed E-state index contributed by atoms with van der Waals surface area (Å²) in [6.07, 6.45) is 4.73. The summed E-state index contributed by atoms with van der Waals surface area (Å²) in [6, 6.07) is 5.08. The summed E-state index contributed by atoms with van der Waals surface area (Å²) in [4.78, 5) is 12.3. The molecular formula is C16H24N2O2. The summed E-state index contributed by atoms with van der Waals surface area (Å²) >= 11 is 0. The summed E-state index contributed by atoms with van der Waals surface area (Å²) in [6.45, 7) is 6.64. The van der Waals surface area contributed by atoms with E-state index in [2.05, 4.69) is 26.1 Å². The maximum absolute atomic E-state index is 12.3. The van der Waals surface area contributed by atoms with E-state index in [9.17, 15) is 10.0 Å². The molecule has 1 aliphatic carbocycles. The van der Waals surface area contributed by atoms with Crippen LogP contribution in [0.3, 0.4) is 0 Å². The fraction of sp³-hybridized carbons (Fsp3) is 0.625. The standard InChI is InChI=1S/C16H24N2O2/c1-11(2)13-8-7-12(3)10-14(13)17-16(19)15-6-4-5-9-18(15)20/h4-6,9,11-14H,7-8,10H2,1-3H3,(H,17,19)/t12-,13-,14-/m1/s1. The molecule has 1 fully saturated rings. The summed E-state index contributed by atoms with van der Waals surface area (Å²) in [5.74, 6) is 1.41. The fourth-order valence-corrected chi connectivity index (χ4v) is 3.21. The first-order chi connectivity index (χ1) is 9.49. The van der Waals surface area contributed by atoms with Crippen molar-refractivity contribution in [3.63, 3.8) is 0 Å². The third-order valence-corrected chi connectivity index (χ3v) is 4.40. The van der Waals surface area contributed by atoms with Crippen molar-refractivity contribution < 1.29 is 9.52 Å². The molecule has 0 bridgehead atoms. The van der Waals surface area contributed by atoms with E-state index in [1.807, 2.05) is 0 Å². The van der Waals surface area contributed by atoms with Gasteiger partial charge in [-0.15, -0.1) is 0 Å². The molecular weight excluding hydrogens is 252 g/mol. The number of hydrogen-bond donors (Lipinski definition) is 1. The number of nitrogens with one attached hydrogen (secondary N) is 1. The maximum atomic E-state index is 12.3. The molecule has 3 atom stereocenters. The Morgan fingerprint density at radius 3 is 2.80 bits per heavy atom. The third kappa shape index (κ3) is 3.30. The molecule has 0 saturated heterocycles. The molecule has 1 amide bonds. The summed E-state index contributed by atoms with van der Waals surface area (Å²) < 4.78 is 0.631. The zero-order chi connectivity index (χ0) is 14.7. The molecule has 20 heavy (non-hydrogen) atoms. The largest absolute Gasteiger partial charge is 0.618 e.